The maximum absolute atomic E-state index is 6.21. The van der Waals surface area contributed by atoms with Crippen molar-refractivity contribution in [3.05, 3.63) is 47.6 Å². The molecule has 1 aromatic heterocycles. The minimum absolute atomic E-state index is 0.355. The molecule has 0 aliphatic rings. The molecular weight excluding hydrogens is 266 g/mol. The molecule has 0 aliphatic heterocycles. The van der Waals surface area contributed by atoms with Crippen molar-refractivity contribution in [2.45, 2.75) is 38.6 Å². The van der Waals surface area contributed by atoms with Crippen molar-refractivity contribution >= 4 is 0 Å². The van der Waals surface area contributed by atoms with E-state index in [2.05, 4.69) is 24.0 Å². The van der Waals surface area contributed by atoms with E-state index in [1.54, 1.807) is 0 Å². The molecule has 0 spiro atoms. The van der Waals surface area contributed by atoms with Gasteiger partial charge >= 0.3 is 0 Å². The van der Waals surface area contributed by atoms with Crippen molar-refractivity contribution < 1.29 is 9.26 Å². The second kappa shape index (κ2) is 5.95. The Balaban J connectivity index is 2.27. The summed E-state index contributed by atoms with van der Waals surface area (Å²) in [4.78, 5) is 4.50. The third-order valence-corrected chi connectivity index (χ3v) is 3.57. The zero-order valence-corrected chi connectivity index (χ0v) is 13.1. The van der Waals surface area contributed by atoms with E-state index < -0.39 is 5.54 Å². The first kappa shape index (κ1) is 15.7. The summed E-state index contributed by atoms with van der Waals surface area (Å²) < 4.78 is 10.8. The lowest BCUT2D eigenvalue weighted by atomic mass is 9.84. The lowest BCUT2D eigenvalue weighted by molar-refractivity contribution is 0.0962. The summed E-state index contributed by atoms with van der Waals surface area (Å²) in [6, 6.07) is 10.1. The van der Waals surface area contributed by atoms with Gasteiger partial charge in [0.25, 0.3) is 0 Å². The molecule has 0 bridgehead atoms. The van der Waals surface area contributed by atoms with Crippen LogP contribution in [0.25, 0.3) is 0 Å². The Hall–Kier alpha value is -1.72. The van der Waals surface area contributed by atoms with E-state index in [1.165, 1.54) is 0 Å². The molecule has 0 saturated heterocycles. The van der Waals surface area contributed by atoms with Crippen LogP contribution in [-0.2, 0) is 15.7 Å². The van der Waals surface area contributed by atoms with Gasteiger partial charge in [-0.2, -0.15) is 4.98 Å². The molecule has 0 radical (unpaired) electrons. The Morgan fingerprint density at radius 1 is 1.19 bits per heavy atom. The van der Waals surface area contributed by atoms with Crippen molar-refractivity contribution in [2.75, 3.05) is 13.2 Å². The van der Waals surface area contributed by atoms with Gasteiger partial charge in [-0.1, -0.05) is 35.5 Å². The molecule has 0 amide bonds. The number of hydrogen-bond acceptors (Lipinski definition) is 5. The number of aromatic nitrogens is 2. The van der Waals surface area contributed by atoms with Crippen LogP contribution in [0.2, 0.25) is 0 Å². The maximum Gasteiger partial charge on any atom is 0.236 e. The van der Waals surface area contributed by atoms with E-state index in [9.17, 15) is 0 Å². The van der Waals surface area contributed by atoms with Gasteiger partial charge in [-0.3, -0.25) is 0 Å². The van der Waals surface area contributed by atoms with E-state index in [-0.39, 0.29) is 5.41 Å². The number of rotatable bonds is 6. The maximum atomic E-state index is 6.21. The Labute approximate surface area is 125 Å². The molecular formula is C16H23N3O2. The minimum Gasteiger partial charge on any atom is -0.379 e. The molecule has 1 heterocycles. The molecule has 2 aromatic rings. The largest absolute Gasteiger partial charge is 0.379 e. The molecule has 1 aromatic carbocycles. The second-order valence-electron chi connectivity index (χ2n) is 5.97. The van der Waals surface area contributed by atoms with E-state index in [1.807, 2.05) is 44.2 Å². The van der Waals surface area contributed by atoms with Crippen LogP contribution in [0.1, 0.15) is 45.0 Å². The monoisotopic (exact) mass is 289 g/mol. The molecule has 0 fully saturated rings. The Morgan fingerprint density at radius 3 is 2.48 bits per heavy atom. The van der Waals surface area contributed by atoms with E-state index in [0.717, 1.165) is 5.56 Å². The fraction of sp³-hybridized carbons (Fsp3) is 0.500. The number of nitrogens with zero attached hydrogens (tertiary/aromatic N) is 2. The summed E-state index contributed by atoms with van der Waals surface area (Å²) in [5, 5.41) is 4.04. The van der Waals surface area contributed by atoms with Crippen molar-refractivity contribution in [3.8, 4) is 0 Å². The van der Waals surface area contributed by atoms with Crippen LogP contribution in [0, 0.1) is 0 Å². The first-order valence-electron chi connectivity index (χ1n) is 7.14. The molecule has 114 valence electrons. The standard InChI is InChI=1S/C16H23N3O2/c1-5-20-11-16(4,17)13-18-14(21-19-13)15(2,3)12-9-7-6-8-10-12/h6-10H,5,11,17H2,1-4H3. The molecule has 0 aliphatic carbocycles. The van der Waals surface area contributed by atoms with Gasteiger partial charge < -0.3 is 15.0 Å². The van der Waals surface area contributed by atoms with Crippen LogP contribution in [0.3, 0.4) is 0 Å². The summed E-state index contributed by atoms with van der Waals surface area (Å²) in [5.74, 6) is 1.02. The van der Waals surface area contributed by atoms with Crippen molar-refractivity contribution in [1.82, 2.24) is 10.1 Å². The average molecular weight is 289 g/mol. The van der Waals surface area contributed by atoms with Gasteiger partial charge in [0.1, 0.15) is 5.54 Å². The van der Waals surface area contributed by atoms with Crippen molar-refractivity contribution in [1.29, 1.82) is 0 Å². The fourth-order valence-electron chi connectivity index (χ4n) is 2.07. The molecule has 5 heteroatoms. The van der Waals surface area contributed by atoms with Gasteiger partial charge in [-0.05, 0) is 33.3 Å². The quantitative estimate of drug-likeness (QED) is 0.884. The third kappa shape index (κ3) is 3.31. The molecule has 1 atom stereocenters. The van der Waals surface area contributed by atoms with E-state index in [0.29, 0.717) is 24.9 Å². The Kier molecular flexibility index (Phi) is 4.44. The van der Waals surface area contributed by atoms with Gasteiger partial charge in [0.15, 0.2) is 5.82 Å². The summed E-state index contributed by atoms with van der Waals surface area (Å²) in [6.45, 7) is 8.83. The van der Waals surface area contributed by atoms with Crippen LogP contribution in [0.15, 0.2) is 34.9 Å². The predicted molar refractivity (Wildman–Crippen MR) is 80.9 cm³/mol. The van der Waals surface area contributed by atoms with Gasteiger partial charge in [-0.25, -0.2) is 0 Å². The third-order valence-electron chi connectivity index (χ3n) is 3.57. The Morgan fingerprint density at radius 2 is 1.86 bits per heavy atom. The highest BCUT2D eigenvalue weighted by atomic mass is 16.5. The van der Waals surface area contributed by atoms with E-state index >= 15 is 0 Å². The lowest BCUT2D eigenvalue weighted by Crippen LogP contribution is -2.39. The summed E-state index contributed by atoms with van der Waals surface area (Å²) in [6.07, 6.45) is 0. The highest BCUT2D eigenvalue weighted by Crippen LogP contribution is 2.30. The van der Waals surface area contributed by atoms with Crippen molar-refractivity contribution in [3.63, 3.8) is 0 Å². The average Bonchev–Trinajstić information content (AvgIpc) is 2.97. The molecule has 2 rings (SSSR count). The molecule has 0 saturated carbocycles. The molecule has 2 N–H and O–H groups in total. The first-order chi connectivity index (χ1) is 9.88. The number of ether oxygens (including phenoxy) is 1. The highest BCUT2D eigenvalue weighted by molar-refractivity contribution is 5.29. The van der Waals surface area contributed by atoms with Gasteiger partial charge in [-0.15, -0.1) is 0 Å². The van der Waals surface area contributed by atoms with Gasteiger partial charge in [0, 0.05) is 6.61 Å². The predicted octanol–water partition coefficient (Wildman–Crippen LogP) is 2.61. The van der Waals surface area contributed by atoms with Crippen molar-refractivity contribution in [2.24, 2.45) is 5.73 Å². The molecule has 21 heavy (non-hydrogen) atoms. The van der Waals surface area contributed by atoms with Crippen LogP contribution in [0.4, 0.5) is 0 Å². The van der Waals surface area contributed by atoms with Crippen LogP contribution < -0.4 is 5.73 Å². The highest BCUT2D eigenvalue weighted by Gasteiger charge is 2.34. The van der Waals surface area contributed by atoms with Crippen LogP contribution in [-0.4, -0.2) is 23.4 Å². The van der Waals surface area contributed by atoms with Gasteiger partial charge in [0.2, 0.25) is 5.89 Å². The summed E-state index contributed by atoms with van der Waals surface area (Å²) in [7, 11) is 0. The second-order valence-corrected chi connectivity index (χ2v) is 5.97. The molecule has 1 unspecified atom stereocenters. The number of nitrogens with two attached hydrogens (primary N) is 1. The van der Waals surface area contributed by atoms with Crippen LogP contribution in [0.5, 0.6) is 0 Å². The minimum atomic E-state index is -0.759. The van der Waals surface area contributed by atoms with Gasteiger partial charge in [0.05, 0.1) is 12.0 Å². The zero-order chi connectivity index (χ0) is 15.5. The summed E-state index contributed by atoms with van der Waals surface area (Å²) in [5.41, 5.74) is 6.20. The fourth-order valence-corrected chi connectivity index (χ4v) is 2.07. The smallest absolute Gasteiger partial charge is 0.236 e. The number of benzene rings is 1. The lowest BCUT2D eigenvalue weighted by Gasteiger charge is -2.21. The van der Waals surface area contributed by atoms with E-state index in [4.69, 9.17) is 15.0 Å². The van der Waals surface area contributed by atoms with Crippen LogP contribution >= 0.6 is 0 Å². The summed E-state index contributed by atoms with van der Waals surface area (Å²) >= 11 is 0. The SMILES string of the molecule is CCOCC(C)(N)c1noc(C(C)(C)c2ccccc2)n1. The first-order valence-corrected chi connectivity index (χ1v) is 7.14. The Bertz CT molecular complexity index is 576. The zero-order valence-electron chi connectivity index (χ0n) is 13.1. The molecule has 5 nitrogen and oxygen atoms in total. The number of hydrogen-bond donors (Lipinski definition) is 1. The normalized spacial score (nSPS) is 14.9. The topological polar surface area (TPSA) is 74.2 Å².